The van der Waals surface area contributed by atoms with Gasteiger partial charge in [-0.2, -0.15) is 26.3 Å². The van der Waals surface area contributed by atoms with Gasteiger partial charge in [0.2, 0.25) is 0 Å². The number of hydrogen-bond acceptors (Lipinski definition) is 6. The number of benzene rings is 2. The Balaban J connectivity index is 2.03. The van der Waals surface area contributed by atoms with Crippen LogP contribution in [-0.4, -0.2) is 23.9 Å². The fraction of sp³-hybridized carbons (Fsp3) is 0.111. The lowest BCUT2D eigenvalue weighted by molar-refractivity contribution is -0.138. The van der Waals surface area contributed by atoms with Gasteiger partial charge in [0.05, 0.1) is 33.4 Å². The summed E-state index contributed by atoms with van der Waals surface area (Å²) in [4.78, 5) is 46.7. The summed E-state index contributed by atoms with van der Waals surface area (Å²) in [6.45, 7) is 0. The number of cyclic esters (lactones) is 4. The molecular weight excluding hydrogens is 426 g/mol. The van der Waals surface area contributed by atoms with Gasteiger partial charge in [0, 0.05) is 0 Å². The molecule has 0 spiro atoms. The molecule has 0 fully saturated rings. The molecular formula is C18H4F6O6. The van der Waals surface area contributed by atoms with Gasteiger partial charge in [-0.3, -0.25) is 0 Å². The number of carbonyl (C=O) groups is 4. The first-order valence-corrected chi connectivity index (χ1v) is 7.83. The molecule has 2 aliphatic rings. The summed E-state index contributed by atoms with van der Waals surface area (Å²) in [5.41, 5.74) is -8.04. The highest BCUT2D eigenvalue weighted by Crippen LogP contribution is 2.43. The molecule has 0 saturated carbocycles. The van der Waals surface area contributed by atoms with Crippen molar-refractivity contribution in [2.45, 2.75) is 12.4 Å². The second-order valence-electron chi connectivity index (χ2n) is 6.24. The van der Waals surface area contributed by atoms with E-state index in [1.54, 1.807) is 0 Å². The minimum Gasteiger partial charge on any atom is -0.386 e. The van der Waals surface area contributed by atoms with Gasteiger partial charge in [-0.15, -0.1) is 0 Å². The average molecular weight is 430 g/mol. The normalized spacial score (nSPS) is 15.8. The standard InChI is InChI=1S/C18H4F6O6/c19-17(20,21)9-3-5(1-7-11(9)15(27)29-13(7)25)6-2-8-12(16(28)30-14(8)26)10(4-6)18(22,23)24/h1-4H. The summed E-state index contributed by atoms with van der Waals surface area (Å²) < 4.78 is 88.9. The molecule has 0 N–H and O–H groups in total. The molecule has 30 heavy (non-hydrogen) atoms. The van der Waals surface area contributed by atoms with Crippen molar-refractivity contribution in [3.63, 3.8) is 0 Å². The van der Waals surface area contributed by atoms with Gasteiger partial charge in [0.25, 0.3) is 0 Å². The Hall–Kier alpha value is -3.70. The molecule has 0 radical (unpaired) electrons. The van der Waals surface area contributed by atoms with E-state index in [1.807, 2.05) is 0 Å². The number of hydrogen-bond donors (Lipinski definition) is 0. The number of rotatable bonds is 1. The van der Waals surface area contributed by atoms with Crippen LogP contribution in [0.4, 0.5) is 26.3 Å². The molecule has 2 aromatic rings. The van der Waals surface area contributed by atoms with Gasteiger partial charge in [0.15, 0.2) is 0 Å². The van der Waals surface area contributed by atoms with Crippen LogP contribution in [0.25, 0.3) is 11.1 Å². The predicted molar refractivity (Wildman–Crippen MR) is 81.4 cm³/mol. The van der Waals surface area contributed by atoms with Crippen molar-refractivity contribution >= 4 is 23.9 Å². The summed E-state index contributed by atoms with van der Waals surface area (Å²) in [6, 6.07) is 2.18. The van der Waals surface area contributed by atoms with Gasteiger partial charge in [-0.05, 0) is 35.4 Å². The summed E-state index contributed by atoms with van der Waals surface area (Å²) in [7, 11) is 0. The van der Waals surface area contributed by atoms with Crippen LogP contribution in [0.3, 0.4) is 0 Å². The minimum atomic E-state index is -5.15. The second-order valence-corrected chi connectivity index (χ2v) is 6.24. The Kier molecular flexibility index (Phi) is 3.86. The first-order valence-electron chi connectivity index (χ1n) is 7.83. The summed E-state index contributed by atoms with van der Waals surface area (Å²) in [5, 5.41) is 0. The van der Waals surface area contributed by atoms with Crippen molar-refractivity contribution in [3.05, 3.63) is 57.6 Å². The molecule has 4 rings (SSSR count). The molecule has 0 saturated heterocycles. The Morgan fingerprint density at radius 2 is 0.867 bits per heavy atom. The monoisotopic (exact) mass is 430 g/mol. The Labute approximate surface area is 161 Å². The average Bonchev–Trinajstić information content (AvgIpc) is 3.07. The second kappa shape index (κ2) is 5.90. The zero-order valence-electron chi connectivity index (χ0n) is 14.0. The van der Waals surface area contributed by atoms with E-state index in [0.29, 0.717) is 12.1 Å². The number of halogens is 6. The molecule has 0 bridgehead atoms. The van der Waals surface area contributed by atoms with E-state index in [4.69, 9.17) is 0 Å². The van der Waals surface area contributed by atoms with Crippen LogP contribution in [-0.2, 0) is 21.8 Å². The van der Waals surface area contributed by atoms with Gasteiger partial charge < -0.3 is 9.47 Å². The van der Waals surface area contributed by atoms with Crippen LogP contribution in [0.2, 0.25) is 0 Å². The predicted octanol–water partition coefficient (Wildman–Crippen LogP) is 4.01. The topological polar surface area (TPSA) is 86.7 Å². The van der Waals surface area contributed by atoms with Crippen LogP contribution < -0.4 is 0 Å². The molecule has 2 aromatic carbocycles. The number of alkyl halides is 6. The molecule has 0 unspecified atom stereocenters. The zero-order chi connectivity index (χ0) is 22.2. The highest BCUT2D eigenvalue weighted by molar-refractivity contribution is 6.17. The maximum Gasteiger partial charge on any atom is 0.417 e. The molecule has 2 aliphatic heterocycles. The van der Waals surface area contributed by atoms with Gasteiger partial charge in [-0.25, -0.2) is 19.2 Å². The Morgan fingerprint density at radius 1 is 0.533 bits per heavy atom. The van der Waals surface area contributed by atoms with E-state index in [1.165, 1.54) is 0 Å². The minimum absolute atomic E-state index is 0.350. The van der Waals surface area contributed by atoms with Gasteiger partial charge >= 0.3 is 36.2 Å². The summed E-state index contributed by atoms with van der Waals surface area (Å²) in [5.74, 6) is -5.91. The number of carbonyl (C=O) groups excluding carboxylic acids is 4. The van der Waals surface area contributed by atoms with Crippen molar-refractivity contribution in [2.75, 3.05) is 0 Å². The summed E-state index contributed by atoms with van der Waals surface area (Å²) in [6.07, 6.45) is -10.3. The van der Waals surface area contributed by atoms with Crippen molar-refractivity contribution in [3.8, 4) is 11.1 Å². The third-order valence-corrected chi connectivity index (χ3v) is 4.44. The van der Waals surface area contributed by atoms with Crippen molar-refractivity contribution < 1.29 is 55.0 Å². The zero-order valence-corrected chi connectivity index (χ0v) is 14.0. The van der Waals surface area contributed by atoms with E-state index in [2.05, 4.69) is 9.47 Å². The number of ether oxygens (including phenoxy) is 2. The lowest BCUT2D eigenvalue weighted by atomic mass is 9.91. The van der Waals surface area contributed by atoms with E-state index in [0.717, 1.165) is 12.1 Å². The van der Waals surface area contributed by atoms with E-state index < -0.39 is 80.7 Å². The largest absolute Gasteiger partial charge is 0.417 e. The number of fused-ring (bicyclic) bond motifs is 2. The first kappa shape index (κ1) is 19.6. The highest BCUT2D eigenvalue weighted by atomic mass is 19.4. The molecule has 0 aromatic heterocycles. The number of esters is 4. The first-order chi connectivity index (χ1) is 13.8. The summed E-state index contributed by atoms with van der Waals surface area (Å²) >= 11 is 0. The van der Waals surface area contributed by atoms with Crippen LogP contribution in [0.1, 0.15) is 52.6 Å². The molecule has 2 heterocycles. The maximum absolute atomic E-state index is 13.4. The molecule has 12 heteroatoms. The van der Waals surface area contributed by atoms with Crippen LogP contribution in [0, 0.1) is 0 Å². The smallest absolute Gasteiger partial charge is 0.386 e. The van der Waals surface area contributed by atoms with Crippen LogP contribution >= 0.6 is 0 Å². The lowest BCUT2D eigenvalue weighted by Crippen LogP contribution is -2.13. The Morgan fingerprint density at radius 3 is 1.17 bits per heavy atom. The fourth-order valence-electron chi connectivity index (χ4n) is 3.21. The van der Waals surface area contributed by atoms with Gasteiger partial charge in [0.1, 0.15) is 0 Å². The SMILES string of the molecule is O=C1OC(=O)c2c1cc(-c1cc3c(c(C(F)(F)F)c1)C(=O)OC3=O)cc2C(F)(F)F. The molecule has 6 nitrogen and oxygen atoms in total. The third-order valence-electron chi connectivity index (χ3n) is 4.44. The molecule has 0 aliphatic carbocycles. The van der Waals surface area contributed by atoms with Crippen molar-refractivity contribution in [2.24, 2.45) is 0 Å². The molecule has 0 amide bonds. The van der Waals surface area contributed by atoms with Crippen LogP contribution in [0.15, 0.2) is 24.3 Å². The molecule has 0 atom stereocenters. The quantitative estimate of drug-likeness (QED) is 0.386. The van der Waals surface area contributed by atoms with E-state index in [-0.39, 0.29) is 0 Å². The molecule has 154 valence electrons. The third kappa shape index (κ3) is 2.83. The van der Waals surface area contributed by atoms with Crippen molar-refractivity contribution in [1.29, 1.82) is 0 Å². The lowest BCUT2D eigenvalue weighted by Gasteiger charge is -2.15. The Bertz CT molecular complexity index is 1100. The van der Waals surface area contributed by atoms with Crippen molar-refractivity contribution in [1.82, 2.24) is 0 Å². The maximum atomic E-state index is 13.4. The van der Waals surface area contributed by atoms with Gasteiger partial charge in [-0.1, -0.05) is 0 Å². The fourth-order valence-corrected chi connectivity index (χ4v) is 3.21. The van der Waals surface area contributed by atoms with E-state index >= 15 is 0 Å². The van der Waals surface area contributed by atoms with Crippen LogP contribution in [0.5, 0.6) is 0 Å². The highest BCUT2D eigenvalue weighted by Gasteiger charge is 2.45. The van der Waals surface area contributed by atoms with E-state index in [9.17, 15) is 45.5 Å².